The average molecular weight is 182 g/mol. The summed E-state index contributed by atoms with van der Waals surface area (Å²) in [5, 5.41) is 0. The molecular formula is C10H14O3. The van der Waals surface area contributed by atoms with Crippen LogP contribution in [0.3, 0.4) is 0 Å². The van der Waals surface area contributed by atoms with Crippen molar-refractivity contribution in [2.45, 2.75) is 20.8 Å². The Morgan fingerprint density at radius 2 is 2.00 bits per heavy atom. The summed E-state index contributed by atoms with van der Waals surface area (Å²) < 4.78 is 4.70. The monoisotopic (exact) mass is 182 g/mol. The minimum absolute atomic E-state index is 0.0833. The summed E-state index contributed by atoms with van der Waals surface area (Å²) in [5.74, 6) is -0.843. The van der Waals surface area contributed by atoms with E-state index in [4.69, 9.17) is 4.74 Å². The van der Waals surface area contributed by atoms with Gasteiger partial charge in [-0.25, -0.2) is 4.79 Å². The molecular weight excluding hydrogens is 168 g/mol. The maximum absolute atomic E-state index is 11.1. The van der Waals surface area contributed by atoms with Crippen LogP contribution >= 0.6 is 0 Å². The Balaban J connectivity index is 4.61. The molecule has 0 aromatic heterocycles. The Morgan fingerprint density at radius 1 is 1.38 bits per heavy atom. The molecule has 0 aliphatic carbocycles. The quantitative estimate of drug-likeness (QED) is 0.218. The molecule has 0 saturated heterocycles. The molecule has 0 saturated carbocycles. The van der Waals surface area contributed by atoms with Crippen LogP contribution < -0.4 is 0 Å². The van der Waals surface area contributed by atoms with Crippen molar-refractivity contribution in [2.24, 2.45) is 0 Å². The van der Waals surface area contributed by atoms with Gasteiger partial charge in [0.25, 0.3) is 0 Å². The summed E-state index contributed by atoms with van der Waals surface area (Å²) in [7, 11) is 0. The Morgan fingerprint density at radius 3 is 2.38 bits per heavy atom. The fourth-order valence-corrected chi connectivity index (χ4v) is 0.730. The highest BCUT2D eigenvalue weighted by molar-refractivity contribution is 6.16. The van der Waals surface area contributed by atoms with E-state index < -0.39 is 5.97 Å². The predicted molar refractivity (Wildman–Crippen MR) is 50.2 cm³/mol. The van der Waals surface area contributed by atoms with Crippen molar-refractivity contribution in [3.63, 3.8) is 0 Å². The van der Waals surface area contributed by atoms with Gasteiger partial charge in [-0.15, -0.1) is 0 Å². The summed E-state index contributed by atoms with van der Waals surface area (Å²) in [5.41, 5.74) is 0.0833. The van der Waals surface area contributed by atoms with Crippen molar-refractivity contribution < 1.29 is 14.3 Å². The van der Waals surface area contributed by atoms with Gasteiger partial charge in [0.15, 0.2) is 5.78 Å². The lowest BCUT2D eigenvalue weighted by atomic mass is 10.2. The molecule has 0 aliphatic rings. The lowest BCUT2D eigenvalue weighted by Gasteiger charge is -2.01. The summed E-state index contributed by atoms with van der Waals surface area (Å²) in [6, 6.07) is 0. The van der Waals surface area contributed by atoms with Gasteiger partial charge in [0.05, 0.1) is 6.61 Å². The number of ketones is 1. The number of esters is 1. The molecule has 0 unspecified atom stereocenters. The molecule has 13 heavy (non-hydrogen) atoms. The highest BCUT2D eigenvalue weighted by atomic mass is 16.5. The SMILES string of the molecule is CC=CC=C(C(C)=O)C(=O)OCC. The van der Waals surface area contributed by atoms with Crippen LogP contribution in [0.15, 0.2) is 23.8 Å². The molecule has 3 heteroatoms. The predicted octanol–water partition coefficient (Wildman–Crippen LogP) is 1.64. The molecule has 0 spiro atoms. The van der Waals surface area contributed by atoms with E-state index in [-0.39, 0.29) is 18.0 Å². The second kappa shape index (κ2) is 6.17. The molecule has 0 heterocycles. The normalized spacial score (nSPS) is 11.8. The zero-order chi connectivity index (χ0) is 10.3. The third kappa shape index (κ3) is 4.25. The molecule has 0 amide bonds. The standard InChI is InChI=1S/C10H14O3/c1-4-6-7-9(8(3)11)10(12)13-5-2/h4,6-7H,5H2,1-3H3. The summed E-state index contributed by atoms with van der Waals surface area (Å²) in [6.07, 6.45) is 4.83. The topological polar surface area (TPSA) is 43.4 Å². The first-order valence-electron chi connectivity index (χ1n) is 4.14. The van der Waals surface area contributed by atoms with Gasteiger partial charge in [0.2, 0.25) is 0 Å². The van der Waals surface area contributed by atoms with Crippen molar-refractivity contribution in [3.8, 4) is 0 Å². The van der Waals surface area contributed by atoms with Crippen LogP contribution in [0.4, 0.5) is 0 Å². The van der Waals surface area contributed by atoms with Crippen LogP contribution in [0.1, 0.15) is 20.8 Å². The van der Waals surface area contributed by atoms with Crippen LogP contribution in [-0.4, -0.2) is 18.4 Å². The summed E-state index contributed by atoms with van der Waals surface area (Å²) in [6.45, 7) is 5.12. The molecule has 0 aromatic rings. The van der Waals surface area contributed by atoms with Gasteiger partial charge in [0.1, 0.15) is 5.57 Å². The van der Waals surface area contributed by atoms with E-state index in [0.29, 0.717) is 0 Å². The molecule has 0 fully saturated rings. The Bertz CT molecular complexity index is 249. The molecule has 0 aromatic carbocycles. The second-order valence-electron chi connectivity index (χ2n) is 2.38. The van der Waals surface area contributed by atoms with E-state index in [2.05, 4.69) is 0 Å². The minimum atomic E-state index is -0.562. The molecule has 0 bridgehead atoms. The second-order valence-corrected chi connectivity index (χ2v) is 2.38. The van der Waals surface area contributed by atoms with Crippen LogP contribution in [-0.2, 0) is 14.3 Å². The van der Waals surface area contributed by atoms with Crippen LogP contribution in [0.5, 0.6) is 0 Å². The van der Waals surface area contributed by atoms with Gasteiger partial charge >= 0.3 is 5.97 Å². The summed E-state index contributed by atoms with van der Waals surface area (Å²) in [4.78, 5) is 22.1. The average Bonchev–Trinajstić information content (AvgIpc) is 2.05. The highest BCUT2D eigenvalue weighted by Crippen LogP contribution is 2.00. The molecule has 0 aliphatic heterocycles. The number of carbonyl (C=O) groups excluding carboxylic acids is 2. The number of ether oxygens (including phenoxy) is 1. The van der Waals surface area contributed by atoms with Crippen LogP contribution in [0.2, 0.25) is 0 Å². The lowest BCUT2D eigenvalue weighted by molar-refractivity contribution is -0.139. The van der Waals surface area contributed by atoms with E-state index in [1.165, 1.54) is 13.0 Å². The number of Topliss-reactive ketones (excluding diaryl/α,β-unsaturated/α-hetero) is 1. The fraction of sp³-hybridized carbons (Fsp3) is 0.400. The Hall–Kier alpha value is -1.38. The van der Waals surface area contributed by atoms with E-state index in [1.54, 1.807) is 26.0 Å². The van der Waals surface area contributed by atoms with Crippen molar-refractivity contribution in [1.29, 1.82) is 0 Å². The van der Waals surface area contributed by atoms with Gasteiger partial charge in [-0.1, -0.05) is 12.2 Å². The maximum Gasteiger partial charge on any atom is 0.341 e. The summed E-state index contributed by atoms with van der Waals surface area (Å²) >= 11 is 0. The number of hydrogen-bond donors (Lipinski definition) is 0. The van der Waals surface area contributed by atoms with Gasteiger partial charge in [-0.05, 0) is 26.8 Å². The van der Waals surface area contributed by atoms with Gasteiger partial charge in [0, 0.05) is 0 Å². The van der Waals surface area contributed by atoms with Crippen molar-refractivity contribution in [3.05, 3.63) is 23.8 Å². The number of hydrogen-bond acceptors (Lipinski definition) is 3. The van der Waals surface area contributed by atoms with Gasteiger partial charge in [-0.2, -0.15) is 0 Å². The van der Waals surface area contributed by atoms with E-state index in [9.17, 15) is 9.59 Å². The van der Waals surface area contributed by atoms with Gasteiger partial charge in [-0.3, -0.25) is 4.79 Å². The Labute approximate surface area is 78.1 Å². The third-order valence-electron chi connectivity index (χ3n) is 1.33. The van der Waals surface area contributed by atoms with E-state index >= 15 is 0 Å². The Kier molecular flexibility index (Phi) is 5.52. The first-order chi connectivity index (χ1) is 6.13. The first kappa shape index (κ1) is 11.6. The van der Waals surface area contributed by atoms with Crippen LogP contribution in [0, 0.1) is 0 Å². The number of rotatable bonds is 4. The fourth-order valence-electron chi connectivity index (χ4n) is 0.730. The van der Waals surface area contributed by atoms with Crippen LogP contribution in [0.25, 0.3) is 0 Å². The first-order valence-corrected chi connectivity index (χ1v) is 4.14. The molecule has 72 valence electrons. The molecule has 0 N–H and O–H groups in total. The van der Waals surface area contributed by atoms with E-state index in [0.717, 1.165) is 0 Å². The van der Waals surface area contributed by atoms with Gasteiger partial charge < -0.3 is 4.74 Å². The molecule has 0 rings (SSSR count). The van der Waals surface area contributed by atoms with E-state index in [1.807, 2.05) is 0 Å². The van der Waals surface area contributed by atoms with Crippen molar-refractivity contribution in [1.82, 2.24) is 0 Å². The largest absolute Gasteiger partial charge is 0.462 e. The zero-order valence-electron chi connectivity index (χ0n) is 8.16. The lowest BCUT2D eigenvalue weighted by Crippen LogP contribution is -2.13. The number of allylic oxidation sites excluding steroid dienone is 3. The number of carbonyl (C=O) groups is 2. The third-order valence-corrected chi connectivity index (χ3v) is 1.33. The van der Waals surface area contributed by atoms with Crippen molar-refractivity contribution >= 4 is 11.8 Å². The maximum atomic E-state index is 11.1. The minimum Gasteiger partial charge on any atom is -0.462 e. The molecule has 0 radical (unpaired) electrons. The smallest absolute Gasteiger partial charge is 0.341 e. The zero-order valence-corrected chi connectivity index (χ0v) is 8.16. The molecule has 3 nitrogen and oxygen atoms in total. The van der Waals surface area contributed by atoms with Crippen molar-refractivity contribution in [2.75, 3.05) is 6.61 Å². The molecule has 0 atom stereocenters. The highest BCUT2D eigenvalue weighted by Gasteiger charge is 2.13.